The van der Waals surface area contributed by atoms with Crippen LogP contribution in [0.3, 0.4) is 0 Å². The van der Waals surface area contributed by atoms with Gasteiger partial charge in [-0.1, -0.05) is 23.7 Å². The Balaban J connectivity index is 1.43. The van der Waals surface area contributed by atoms with Crippen molar-refractivity contribution in [2.45, 2.75) is 25.1 Å². The molecule has 26 heavy (non-hydrogen) atoms. The molecule has 0 aliphatic carbocycles. The minimum Gasteiger partial charge on any atom is -0.440 e. The SMILES string of the molecule is FC(F)(F)c1ccc(CN2CCC(c3nc4cc(Cl)ccc4o3)C2)cc1. The standard InChI is InChI=1S/C19H16ClF3N2O/c20-15-5-6-17-16(9-15)24-18(26-17)13-7-8-25(11-13)10-12-1-3-14(4-2-12)19(21,22)23/h1-6,9,13H,7-8,10-11H2. The summed E-state index contributed by atoms with van der Waals surface area (Å²) in [5.74, 6) is 0.868. The zero-order valence-electron chi connectivity index (χ0n) is 13.8. The average molecular weight is 381 g/mol. The van der Waals surface area contributed by atoms with Gasteiger partial charge < -0.3 is 4.42 Å². The van der Waals surface area contributed by atoms with Crippen molar-refractivity contribution in [3.05, 3.63) is 64.5 Å². The van der Waals surface area contributed by atoms with Gasteiger partial charge in [-0.05, 0) is 48.9 Å². The molecular weight excluding hydrogens is 365 g/mol. The first kappa shape index (κ1) is 17.4. The quantitative estimate of drug-likeness (QED) is 0.601. The number of aromatic nitrogens is 1. The molecule has 1 aliphatic heterocycles. The Labute approximate surface area is 153 Å². The summed E-state index contributed by atoms with van der Waals surface area (Å²) in [6, 6.07) is 10.7. The highest BCUT2D eigenvalue weighted by Crippen LogP contribution is 2.32. The molecule has 0 radical (unpaired) electrons. The number of hydrogen-bond donors (Lipinski definition) is 0. The number of oxazole rings is 1. The summed E-state index contributed by atoms with van der Waals surface area (Å²) in [6.07, 6.45) is -3.39. The summed E-state index contributed by atoms with van der Waals surface area (Å²) >= 11 is 5.98. The molecule has 0 N–H and O–H groups in total. The fourth-order valence-corrected chi connectivity index (χ4v) is 3.49. The summed E-state index contributed by atoms with van der Waals surface area (Å²) in [6.45, 7) is 2.23. The fourth-order valence-electron chi connectivity index (χ4n) is 3.33. The van der Waals surface area contributed by atoms with E-state index in [9.17, 15) is 13.2 Å². The molecule has 1 unspecified atom stereocenters. The monoisotopic (exact) mass is 380 g/mol. The third-order valence-electron chi connectivity index (χ3n) is 4.68. The number of likely N-dealkylation sites (tertiary alicyclic amines) is 1. The second kappa shape index (κ2) is 6.59. The van der Waals surface area contributed by atoms with Crippen molar-refractivity contribution in [2.75, 3.05) is 13.1 Å². The maximum Gasteiger partial charge on any atom is 0.416 e. The molecule has 3 aromatic rings. The van der Waals surface area contributed by atoms with Gasteiger partial charge in [-0.25, -0.2) is 4.98 Å². The van der Waals surface area contributed by atoms with E-state index >= 15 is 0 Å². The molecule has 0 amide bonds. The van der Waals surface area contributed by atoms with Gasteiger partial charge in [-0.3, -0.25) is 4.90 Å². The number of nitrogens with zero attached hydrogens (tertiary/aromatic N) is 2. The van der Waals surface area contributed by atoms with Gasteiger partial charge in [-0.2, -0.15) is 13.2 Å². The lowest BCUT2D eigenvalue weighted by Gasteiger charge is -2.16. The normalized spacial score (nSPS) is 18.7. The van der Waals surface area contributed by atoms with E-state index in [0.717, 1.165) is 42.7 Å². The summed E-state index contributed by atoms with van der Waals surface area (Å²) in [4.78, 5) is 6.74. The highest BCUT2D eigenvalue weighted by atomic mass is 35.5. The lowest BCUT2D eigenvalue weighted by molar-refractivity contribution is -0.137. The molecule has 2 heterocycles. The molecule has 7 heteroatoms. The van der Waals surface area contributed by atoms with Crippen LogP contribution >= 0.6 is 11.6 Å². The van der Waals surface area contributed by atoms with Gasteiger partial charge in [0.1, 0.15) is 5.52 Å². The number of alkyl halides is 3. The number of rotatable bonds is 3. The molecule has 2 aromatic carbocycles. The average Bonchev–Trinajstić information content (AvgIpc) is 3.20. The molecule has 0 bridgehead atoms. The number of hydrogen-bond acceptors (Lipinski definition) is 3. The van der Waals surface area contributed by atoms with Gasteiger partial charge in [0, 0.05) is 24.0 Å². The van der Waals surface area contributed by atoms with Crippen molar-refractivity contribution in [3.8, 4) is 0 Å². The first-order valence-electron chi connectivity index (χ1n) is 8.33. The van der Waals surface area contributed by atoms with Crippen molar-refractivity contribution in [1.29, 1.82) is 0 Å². The maximum atomic E-state index is 12.6. The molecule has 0 saturated carbocycles. The highest BCUT2D eigenvalue weighted by molar-refractivity contribution is 6.31. The van der Waals surface area contributed by atoms with Crippen LogP contribution in [0.1, 0.15) is 29.4 Å². The third kappa shape index (κ3) is 3.57. The van der Waals surface area contributed by atoms with E-state index in [-0.39, 0.29) is 5.92 Å². The van der Waals surface area contributed by atoms with Crippen LogP contribution in [0.5, 0.6) is 0 Å². The van der Waals surface area contributed by atoms with Crippen molar-refractivity contribution >= 4 is 22.7 Å². The van der Waals surface area contributed by atoms with Crippen LogP contribution in [-0.2, 0) is 12.7 Å². The van der Waals surface area contributed by atoms with Crippen LogP contribution < -0.4 is 0 Å². The van der Waals surface area contributed by atoms with Crippen LogP contribution in [-0.4, -0.2) is 23.0 Å². The van der Waals surface area contributed by atoms with Crippen molar-refractivity contribution < 1.29 is 17.6 Å². The Morgan fingerprint density at radius 1 is 1.15 bits per heavy atom. The minimum atomic E-state index is -4.30. The largest absolute Gasteiger partial charge is 0.440 e. The van der Waals surface area contributed by atoms with E-state index in [4.69, 9.17) is 16.0 Å². The minimum absolute atomic E-state index is 0.177. The van der Waals surface area contributed by atoms with Crippen LogP contribution in [0.25, 0.3) is 11.1 Å². The molecule has 136 valence electrons. The third-order valence-corrected chi connectivity index (χ3v) is 4.91. The number of fused-ring (bicyclic) bond motifs is 1. The molecule has 1 saturated heterocycles. The Hall–Kier alpha value is -2.05. The summed E-state index contributed by atoms with van der Waals surface area (Å²) in [5.41, 5.74) is 1.70. The van der Waals surface area contributed by atoms with E-state index in [1.165, 1.54) is 12.1 Å². The predicted octanol–water partition coefficient (Wildman–Crippen LogP) is 5.49. The Kier molecular flexibility index (Phi) is 4.40. The second-order valence-corrected chi connectivity index (χ2v) is 7.02. The summed E-state index contributed by atoms with van der Waals surface area (Å²) in [7, 11) is 0. The lowest BCUT2D eigenvalue weighted by atomic mass is 10.1. The van der Waals surface area contributed by atoms with E-state index in [2.05, 4.69) is 9.88 Å². The van der Waals surface area contributed by atoms with Crippen LogP contribution in [0.15, 0.2) is 46.9 Å². The molecule has 1 aromatic heterocycles. The Bertz CT molecular complexity index is 921. The second-order valence-electron chi connectivity index (χ2n) is 6.58. The van der Waals surface area contributed by atoms with Gasteiger partial charge >= 0.3 is 6.18 Å². The highest BCUT2D eigenvalue weighted by Gasteiger charge is 2.31. The maximum absolute atomic E-state index is 12.6. The molecule has 1 aliphatic rings. The first-order chi connectivity index (χ1) is 12.4. The lowest BCUT2D eigenvalue weighted by Crippen LogP contribution is -2.20. The van der Waals surface area contributed by atoms with Crippen molar-refractivity contribution in [2.24, 2.45) is 0 Å². The number of benzene rings is 2. The van der Waals surface area contributed by atoms with Gasteiger partial charge in [-0.15, -0.1) is 0 Å². The van der Waals surface area contributed by atoms with Crippen molar-refractivity contribution in [3.63, 3.8) is 0 Å². The summed E-state index contributed by atoms with van der Waals surface area (Å²) in [5, 5.41) is 0.618. The number of halogens is 4. The molecule has 1 fully saturated rings. The molecule has 1 atom stereocenters. The topological polar surface area (TPSA) is 29.3 Å². The Morgan fingerprint density at radius 3 is 2.65 bits per heavy atom. The Morgan fingerprint density at radius 2 is 1.92 bits per heavy atom. The van der Waals surface area contributed by atoms with Gasteiger partial charge in [0.25, 0.3) is 0 Å². The van der Waals surface area contributed by atoms with Gasteiger partial charge in [0.2, 0.25) is 0 Å². The molecule has 0 spiro atoms. The van der Waals surface area contributed by atoms with Crippen molar-refractivity contribution in [1.82, 2.24) is 9.88 Å². The molecular formula is C19H16ClF3N2O. The molecule has 4 rings (SSSR count). The zero-order valence-corrected chi connectivity index (χ0v) is 14.5. The smallest absolute Gasteiger partial charge is 0.416 e. The first-order valence-corrected chi connectivity index (χ1v) is 8.71. The van der Waals surface area contributed by atoms with Crippen LogP contribution in [0, 0.1) is 0 Å². The van der Waals surface area contributed by atoms with Gasteiger partial charge in [0.15, 0.2) is 11.5 Å². The fraction of sp³-hybridized carbons (Fsp3) is 0.316. The van der Waals surface area contributed by atoms with Gasteiger partial charge in [0.05, 0.1) is 5.56 Å². The van der Waals surface area contributed by atoms with Crippen LogP contribution in [0.2, 0.25) is 5.02 Å². The zero-order chi connectivity index (χ0) is 18.3. The molecule has 3 nitrogen and oxygen atoms in total. The van der Waals surface area contributed by atoms with Crippen LogP contribution in [0.4, 0.5) is 13.2 Å². The van der Waals surface area contributed by atoms with E-state index in [0.29, 0.717) is 23.0 Å². The van der Waals surface area contributed by atoms with E-state index in [1.807, 2.05) is 6.07 Å². The predicted molar refractivity (Wildman–Crippen MR) is 93.1 cm³/mol. The van der Waals surface area contributed by atoms with E-state index < -0.39 is 11.7 Å². The van der Waals surface area contributed by atoms with E-state index in [1.54, 1.807) is 12.1 Å². The summed E-state index contributed by atoms with van der Waals surface area (Å²) < 4.78 is 43.8.